The minimum Gasteiger partial charge on any atom is -0.344 e. The number of carbonyl (C=O) groups excluding carboxylic acids is 1. The van der Waals surface area contributed by atoms with Crippen molar-refractivity contribution in [1.29, 1.82) is 0 Å². The van der Waals surface area contributed by atoms with Gasteiger partial charge < -0.3 is 15.1 Å². The van der Waals surface area contributed by atoms with Crippen molar-refractivity contribution < 1.29 is 39.2 Å². The molecule has 2 atom stereocenters. The molecule has 1 amide bonds. The maximum atomic E-state index is 13.2. The third-order valence-corrected chi connectivity index (χ3v) is 16.6. The van der Waals surface area contributed by atoms with E-state index in [1.165, 1.54) is 74.5 Å². The van der Waals surface area contributed by atoms with Crippen molar-refractivity contribution in [2.45, 2.75) is 68.6 Å². The molecule has 0 aliphatic carbocycles. The van der Waals surface area contributed by atoms with Crippen LogP contribution in [0.15, 0.2) is 107 Å². The molecule has 2 saturated heterocycles. The smallest absolute Gasteiger partial charge is 0.344 e. The SMILES string of the molecule is CC(=O)Nc1ccc(S(=O)(=O)N2CCN(c3nc(Cc4ccc(F)cc4)ns3)CC2C)cc1.Cc1ccc(Cc2nsc(N3CCN(S(=O)(=O)c4cccc(C(F)(F)F)c4)C(C)C3)n2)cc1. The molecule has 2 unspecified atom stereocenters. The lowest BCUT2D eigenvalue weighted by Crippen LogP contribution is -2.54. The van der Waals surface area contributed by atoms with Crippen molar-refractivity contribution in [3.8, 4) is 0 Å². The number of amides is 1. The minimum absolute atomic E-state index is 0.145. The number of aryl methyl sites for hydroxylation is 1. The number of hydrogen-bond acceptors (Lipinski definition) is 13. The number of benzene rings is 4. The van der Waals surface area contributed by atoms with Gasteiger partial charge in [0.15, 0.2) is 0 Å². The summed E-state index contributed by atoms with van der Waals surface area (Å²) < 4.78 is 116. The molecule has 2 aliphatic rings. The van der Waals surface area contributed by atoms with E-state index in [4.69, 9.17) is 0 Å². The topological polar surface area (TPSA) is 162 Å². The van der Waals surface area contributed by atoms with Crippen LogP contribution in [-0.4, -0.2) is 101 Å². The third kappa shape index (κ3) is 11.8. The number of carbonyl (C=O) groups is 1. The van der Waals surface area contributed by atoms with Crippen molar-refractivity contribution in [2.75, 3.05) is 54.4 Å². The average Bonchev–Trinajstić information content (AvgIpc) is 3.95. The zero-order valence-electron chi connectivity index (χ0n) is 36.3. The Hall–Kier alpha value is -5.39. The molecule has 2 aromatic heterocycles. The first-order valence-electron chi connectivity index (χ1n) is 20.8. The van der Waals surface area contributed by atoms with Crippen LogP contribution in [0, 0.1) is 12.7 Å². The Morgan fingerprint density at radius 1 is 0.697 bits per heavy atom. The summed E-state index contributed by atoms with van der Waals surface area (Å²) in [4.78, 5) is 24.2. The van der Waals surface area contributed by atoms with Crippen LogP contribution < -0.4 is 15.1 Å². The summed E-state index contributed by atoms with van der Waals surface area (Å²) in [5, 5.41) is 4.09. The van der Waals surface area contributed by atoms with E-state index in [1.807, 2.05) is 47.9 Å². The number of anilines is 3. The van der Waals surface area contributed by atoms with Gasteiger partial charge in [-0.3, -0.25) is 4.79 Å². The fourth-order valence-corrected chi connectivity index (χ4v) is 12.2. The molecular formula is C44H47F4N9O5S4. The number of alkyl halides is 3. The van der Waals surface area contributed by atoms with E-state index in [9.17, 15) is 39.2 Å². The summed E-state index contributed by atoms with van der Waals surface area (Å²) in [6.07, 6.45) is -3.49. The van der Waals surface area contributed by atoms with E-state index in [0.29, 0.717) is 74.1 Å². The number of halogens is 4. The van der Waals surface area contributed by atoms with Gasteiger partial charge in [0.2, 0.25) is 36.2 Å². The van der Waals surface area contributed by atoms with Crippen LogP contribution >= 0.6 is 23.1 Å². The van der Waals surface area contributed by atoms with Crippen LogP contribution in [0.3, 0.4) is 0 Å². The fourth-order valence-electron chi connectivity index (χ4n) is 7.52. The molecule has 1 N–H and O–H groups in total. The highest BCUT2D eigenvalue weighted by Gasteiger charge is 2.38. The summed E-state index contributed by atoms with van der Waals surface area (Å²) in [5.41, 5.74) is 2.78. The molecule has 4 aromatic carbocycles. The molecule has 66 heavy (non-hydrogen) atoms. The normalized spacial score (nSPS) is 17.6. The van der Waals surface area contributed by atoms with Crippen LogP contribution in [-0.2, 0) is 43.9 Å². The van der Waals surface area contributed by atoms with Crippen molar-refractivity contribution in [3.05, 3.63) is 137 Å². The van der Waals surface area contributed by atoms with Crippen molar-refractivity contribution in [2.24, 2.45) is 0 Å². The molecular weight excluding hydrogens is 939 g/mol. The lowest BCUT2D eigenvalue weighted by Gasteiger charge is -2.38. The van der Waals surface area contributed by atoms with Gasteiger partial charge in [0.1, 0.15) is 17.5 Å². The highest BCUT2D eigenvalue weighted by atomic mass is 32.2. The molecule has 22 heteroatoms. The molecule has 0 spiro atoms. The Morgan fingerprint density at radius 2 is 1.18 bits per heavy atom. The summed E-state index contributed by atoms with van der Waals surface area (Å²) in [6.45, 7) is 9.25. The van der Waals surface area contributed by atoms with Gasteiger partial charge in [-0.25, -0.2) is 31.2 Å². The van der Waals surface area contributed by atoms with Crippen molar-refractivity contribution in [3.63, 3.8) is 0 Å². The number of aromatic nitrogens is 4. The first-order chi connectivity index (χ1) is 31.3. The number of rotatable bonds is 11. The van der Waals surface area contributed by atoms with Gasteiger partial charge in [-0.2, -0.15) is 30.5 Å². The van der Waals surface area contributed by atoms with Gasteiger partial charge in [0.25, 0.3) is 0 Å². The monoisotopic (exact) mass is 985 g/mol. The van der Waals surface area contributed by atoms with Gasteiger partial charge in [0, 0.05) is 99.9 Å². The van der Waals surface area contributed by atoms with Gasteiger partial charge in [-0.05, 0) is 86.5 Å². The van der Waals surface area contributed by atoms with Crippen LogP contribution in [0.4, 0.5) is 33.5 Å². The number of nitrogens with one attached hydrogen (secondary N) is 1. The number of piperazine rings is 2. The zero-order chi connectivity index (χ0) is 47.4. The van der Waals surface area contributed by atoms with Gasteiger partial charge in [-0.1, -0.05) is 48.0 Å². The van der Waals surface area contributed by atoms with E-state index in [1.54, 1.807) is 31.2 Å². The first-order valence-corrected chi connectivity index (χ1v) is 25.2. The molecule has 350 valence electrons. The lowest BCUT2D eigenvalue weighted by molar-refractivity contribution is -0.137. The molecule has 6 aromatic rings. The van der Waals surface area contributed by atoms with Gasteiger partial charge in [0.05, 0.1) is 15.4 Å². The quantitative estimate of drug-likeness (QED) is 0.128. The second-order valence-corrected chi connectivity index (χ2v) is 21.2. The largest absolute Gasteiger partial charge is 0.416 e. The van der Waals surface area contributed by atoms with Gasteiger partial charge in [-0.15, -0.1) is 0 Å². The molecule has 0 saturated carbocycles. The second-order valence-electron chi connectivity index (χ2n) is 16.0. The van der Waals surface area contributed by atoms with Crippen molar-refractivity contribution in [1.82, 2.24) is 27.3 Å². The van der Waals surface area contributed by atoms with E-state index in [0.717, 1.165) is 28.4 Å². The van der Waals surface area contributed by atoms with E-state index in [-0.39, 0.29) is 34.1 Å². The number of sulfonamides is 2. The number of hydrogen-bond donors (Lipinski definition) is 1. The Bertz CT molecular complexity index is 2850. The third-order valence-electron chi connectivity index (χ3n) is 10.9. The lowest BCUT2D eigenvalue weighted by atomic mass is 10.1. The van der Waals surface area contributed by atoms with E-state index in [2.05, 4.69) is 24.0 Å². The van der Waals surface area contributed by atoms with Crippen LogP contribution in [0.5, 0.6) is 0 Å². The maximum absolute atomic E-state index is 13.2. The van der Waals surface area contributed by atoms with Gasteiger partial charge >= 0.3 is 6.18 Å². The van der Waals surface area contributed by atoms with Crippen LogP contribution in [0.1, 0.15) is 54.7 Å². The van der Waals surface area contributed by atoms with Crippen LogP contribution in [0.2, 0.25) is 0 Å². The minimum atomic E-state index is -4.61. The molecule has 14 nitrogen and oxygen atoms in total. The highest BCUT2D eigenvalue weighted by molar-refractivity contribution is 7.89. The fraction of sp³-hybridized carbons (Fsp3) is 0.341. The molecule has 0 bridgehead atoms. The van der Waals surface area contributed by atoms with Crippen LogP contribution in [0.25, 0.3) is 0 Å². The summed E-state index contributed by atoms with van der Waals surface area (Å²) in [6, 6.07) is 23.7. The molecule has 8 rings (SSSR count). The number of nitrogens with zero attached hydrogens (tertiary/aromatic N) is 8. The predicted octanol–water partition coefficient (Wildman–Crippen LogP) is 7.48. The Labute approximate surface area is 389 Å². The summed E-state index contributed by atoms with van der Waals surface area (Å²) in [7, 11) is -7.74. The molecule has 2 fully saturated rings. The predicted molar refractivity (Wildman–Crippen MR) is 246 cm³/mol. The average molecular weight is 986 g/mol. The summed E-state index contributed by atoms with van der Waals surface area (Å²) in [5.74, 6) is 0.859. The van der Waals surface area contributed by atoms with E-state index >= 15 is 0 Å². The highest BCUT2D eigenvalue weighted by Crippen LogP contribution is 2.33. The molecule has 0 radical (unpaired) electrons. The Morgan fingerprint density at radius 3 is 1.65 bits per heavy atom. The van der Waals surface area contributed by atoms with E-state index < -0.39 is 37.8 Å². The molecule has 4 heterocycles. The summed E-state index contributed by atoms with van der Waals surface area (Å²) >= 11 is 2.54. The van der Waals surface area contributed by atoms with Crippen molar-refractivity contribution >= 4 is 65.0 Å². The first kappa shape index (κ1) is 48.5. The second kappa shape index (κ2) is 20.2. The maximum Gasteiger partial charge on any atom is 0.416 e. The Balaban J connectivity index is 0.000000196. The zero-order valence-corrected chi connectivity index (χ0v) is 39.6. The Kier molecular flexibility index (Phi) is 14.9. The standard InChI is InChI=1S/C22H23F3N4O2S2.C22H24FN5O3S2/c1-15-6-8-17(9-7-15)12-20-26-21(32-27-20)28-10-11-29(16(2)14-28)33(30,31)19-5-3-4-18(13-19)22(23,24)25;1-15-14-27(22-25-21(26-32-22)13-17-3-5-18(23)6-4-17)11-12-28(15)33(30,31)20-9-7-19(8-10-20)24-16(2)29/h3-9,13,16H,10-12,14H2,1-2H3;3-10,15H,11-14H2,1-2H3,(H,24,29). The molecule has 2 aliphatic heterocycles.